The highest BCUT2D eigenvalue weighted by Crippen LogP contribution is 2.30. The molecule has 94 valence electrons. The van der Waals surface area contributed by atoms with Crippen molar-refractivity contribution in [1.29, 1.82) is 0 Å². The molecule has 1 aromatic carbocycles. The van der Waals surface area contributed by atoms with Gasteiger partial charge in [0, 0.05) is 7.05 Å². The second-order valence-electron chi connectivity index (χ2n) is 3.79. The number of benzene rings is 1. The molecule has 5 heteroatoms. The Morgan fingerprint density at radius 1 is 1.29 bits per heavy atom. The number of likely N-dealkylation sites (N-methyl/N-ethyl adjacent to an activating group) is 1. The Morgan fingerprint density at radius 2 is 1.88 bits per heavy atom. The van der Waals surface area contributed by atoms with E-state index in [0.29, 0.717) is 11.5 Å². The lowest BCUT2D eigenvalue weighted by molar-refractivity contribution is -0.131. The van der Waals surface area contributed by atoms with Gasteiger partial charge < -0.3 is 9.47 Å². The van der Waals surface area contributed by atoms with Gasteiger partial charge in [-0.25, -0.2) is 5.84 Å². The molecule has 0 aliphatic rings. The van der Waals surface area contributed by atoms with Crippen LogP contribution in [0.25, 0.3) is 0 Å². The summed E-state index contributed by atoms with van der Waals surface area (Å²) in [6.45, 7) is 1.80. The Kier molecular flexibility index (Phi) is 4.34. The fraction of sp³-hybridized carbons (Fsp3) is 0.417. The van der Waals surface area contributed by atoms with Crippen molar-refractivity contribution < 1.29 is 14.3 Å². The van der Waals surface area contributed by atoms with Crippen molar-refractivity contribution >= 4 is 5.91 Å². The summed E-state index contributed by atoms with van der Waals surface area (Å²) in [7, 11) is 4.66. The highest BCUT2D eigenvalue weighted by Gasteiger charge is 2.19. The van der Waals surface area contributed by atoms with E-state index in [4.69, 9.17) is 15.3 Å². The lowest BCUT2D eigenvalue weighted by atomic mass is 10.00. The van der Waals surface area contributed by atoms with Crippen LogP contribution in [0.2, 0.25) is 0 Å². The average molecular weight is 238 g/mol. The third-order valence-corrected chi connectivity index (χ3v) is 2.63. The van der Waals surface area contributed by atoms with Crippen LogP contribution in [0.5, 0.6) is 11.5 Å². The first-order valence-electron chi connectivity index (χ1n) is 5.25. The van der Waals surface area contributed by atoms with Gasteiger partial charge in [-0.1, -0.05) is 6.07 Å². The summed E-state index contributed by atoms with van der Waals surface area (Å²) >= 11 is 0. The predicted octanol–water partition coefficient (Wildman–Crippen LogP) is 1.14. The molecule has 1 atom stereocenters. The summed E-state index contributed by atoms with van der Waals surface area (Å²) in [6, 6.07) is 5.38. The number of rotatable bonds is 4. The van der Waals surface area contributed by atoms with E-state index in [1.807, 2.05) is 6.07 Å². The number of carbonyl (C=O) groups excluding carboxylic acids is 1. The van der Waals surface area contributed by atoms with Crippen LogP contribution in [-0.4, -0.2) is 32.2 Å². The normalized spacial score (nSPS) is 11.8. The maximum Gasteiger partial charge on any atom is 0.243 e. The highest BCUT2D eigenvalue weighted by atomic mass is 16.5. The highest BCUT2D eigenvalue weighted by molar-refractivity contribution is 5.82. The largest absolute Gasteiger partial charge is 0.493 e. The summed E-state index contributed by atoms with van der Waals surface area (Å²) in [4.78, 5) is 11.7. The standard InChI is InChI=1S/C12H18N2O3/c1-8(12(15)14(2)13)9-5-6-10(16-3)11(7-9)17-4/h5-8H,13H2,1-4H3. The monoisotopic (exact) mass is 238 g/mol. The van der Waals surface area contributed by atoms with Gasteiger partial charge in [0.15, 0.2) is 11.5 Å². The van der Waals surface area contributed by atoms with Crippen LogP contribution in [-0.2, 0) is 4.79 Å². The molecule has 17 heavy (non-hydrogen) atoms. The molecule has 1 aromatic rings. The minimum atomic E-state index is -0.315. The molecule has 0 saturated heterocycles. The summed E-state index contributed by atoms with van der Waals surface area (Å²) in [5.41, 5.74) is 0.838. The second kappa shape index (κ2) is 5.54. The van der Waals surface area contributed by atoms with Crippen LogP contribution in [0, 0.1) is 0 Å². The Hall–Kier alpha value is -1.75. The van der Waals surface area contributed by atoms with Crippen LogP contribution in [0.4, 0.5) is 0 Å². The molecular weight excluding hydrogens is 220 g/mol. The van der Waals surface area contributed by atoms with Gasteiger partial charge in [0.05, 0.1) is 20.1 Å². The average Bonchev–Trinajstić information content (AvgIpc) is 2.35. The van der Waals surface area contributed by atoms with E-state index in [0.717, 1.165) is 10.6 Å². The zero-order valence-corrected chi connectivity index (χ0v) is 10.6. The Bertz CT molecular complexity index is 405. The number of methoxy groups -OCH3 is 2. The van der Waals surface area contributed by atoms with Crippen molar-refractivity contribution in [3.8, 4) is 11.5 Å². The summed E-state index contributed by atoms with van der Waals surface area (Å²) in [5, 5.41) is 1.08. The first-order chi connectivity index (χ1) is 8.01. The third-order valence-electron chi connectivity index (χ3n) is 2.63. The molecule has 0 bridgehead atoms. The van der Waals surface area contributed by atoms with E-state index in [-0.39, 0.29) is 11.8 Å². The van der Waals surface area contributed by atoms with Gasteiger partial charge in [0.2, 0.25) is 5.91 Å². The number of hydrazine groups is 1. The van der Waals surface area contributed by atoms with Crippen molar-refractivity contribution in [3.05, 3.63) is 23.8 Å². The molecule has 0 spiro atoms. The maximum atomic E-state index is 11.7. The molecular formula is C12H18N2O3. The van der Waals surface area contributed by atoms with Crippen molar-refractivity contribution in [3.63, 3.8) is 0 Å². The summed E-state index contributed by atoms with van der Waals surface area (Å²) in [6.07, 6.45) is 0. The zero-order valence-electron chi connectivity index (χ0n) is 10.6. The number of ether oxygens (including phenoxy) is 2. The molecule has 5 nitrogen and oxygen atoms in total. The summed E-state index contributed by atoms with van der Waals surface area (Å²) in [5.74, 6) is 6.20. The first-order valence-corrected chi connectivity index (χ1v) is 5.25. The Balaban J connectivity index is 3.03. The topological polar surface area (TPSA) is 64.8 Å². The minimum Gasteiger partial charge on any atom is -0.493 e. The number of nitrogens with zero attached hydrogens (tertiary/aromatic N) is 1. The van der Waals surface area contributed by atoms with Gasteiger partial charge in [-0.05, 0) is 24.6 Å². The van der Waals surface area contributed by atoms with E-state index in [2.05, 4.69) is 0 Å². The molecule has 0 aliphatic heterocycles. The third kappa shape index (κ3) is 2.88. The van der Waals surface area contributed by atoms with Crippen LogP contribution < -0.4 is 15.3 Å². The molecule has 2 N–H and O–H groups in total. The van der Waals surface area contributed by atoms with E-state index in [1.165, 1.54) is 7.05 Å². The van der Waals surface area contributed by atoms with Gasteiger partial charge >= 0.3 is 0 Å². The van der Waals surface area contributed by atoms with Gasteiger partial charge in [0.1, 0.15) is 0 Å². The summed E-state index contributed by atoms with van der Waals surface area (Å²) < 4.78 is 10.3. The van der Waals surface area contributed by atoms with Crippen LogP contribution in [0.1, 0.15) is 18.4 Å². The van der Waals surface area contributed by atoms with Gasteiger partial charge in [-0.3, -0.25) is 9.80 Å². The molecule has 0 heterocycles. The lowest BCUT2D eigenvalue weighted by Gasteiger charge is -2.17. The fourth-order valence-electron chi connectivity index (χ4n) is 1.57. The van der Waals surface area contributed by atoms with E-state index in [1.54, 1.807) is 33.3 Å². The van der Waals surface area contributed by atoms with Crippen molar-refractivity contribution in [1.82, 2.24) is 5.01 Å². The predicted molar refractivity (Wildman–Crippen MR) is 64.9 cm³/mol. The number of hydrogen-bond donors (Lipinski definition) is 1. The minimum absolute atomic E-state index is 0.155. The molecule has 1 amide bonds. The van der Waals surface area contributed by atoms with Crippen LogP contribution in [0.3, 0.4) is 0 Å². The van der Waals surface area contributed by atoms with Crippen molar-refractivity contribution in [2.45, 2.75) is 12.8 Å². The zero-order chi connectivity index (χ0) is 13.0. The molecule has 0 radical (unpaired) electrons. The SMILES string of the molecule is COc1ccc(C(C)C(=O)N(C)N)cc1OC. The van der Waals surface area contributed by atoms with Gasteiger partial charge in [0.25, 0.3) is 0 Å². The van der Waals surface area contributed by atoms with Gasteiger partial charge in [-0.2, -0.15) is 0 Å². The molecule has 0 fully saturated rings. The number of nitrogens with two attached hydrogens (primary N) is 1. The second-order valence-corrected chi connectivity index (χ2v) is 3.79. The first kappa shape index (κ1) is 13.3. The van der Waals surface area contributed by atoms with Gasteiger partial charge in [-0.15, -0.1) is 0 Å². The molecule has 0 saturated carbocycles. The molecule has 0 aliphatic carbocycles. The fourth-order valence-corrected chi connectivity index (χ4v) is 1.57. The van der Waals surface area contributed by atoms with E-state index < -0.39 is 0 Å². The number of amides is 1. The van der Waals surface area contributed by atoms with Crippen molar-refractivity contribution in [2.24, 2.45) is 5.84 Å². The molecule has 0 aromatic heterocycles. The Morgan fingerprint density at radius 3 is 2.35 bits per heavy atom. The van der Waals surface area contributed by atoms with Crippen LogP contribution >= 0.6 is 0 Å². The Labute approximate surface area is 101 Å². The lowest BCUT2D eigenvalue weighted by Crippen LogP contribution is -2.36. The quantitative estimate of drug-likeness (QED) is 0.485. The smallest absolute Gasteiger partial charge is 0.243 e. The number of hydrogen-bond acceptors (Lipinski definition) is 4. The van der Waals surface area contributed by atoms with E-state index >= 15 is 0 Å². The number of carbonyl (C=O) groups is 1. The van der Waals surface area contributed by atoms with Crippen molar-refractivity contribution in [2.75, 3.05) is 21.3 Å². The van der Waals surface area contributed by atoms with Crippen LogP contribution in [0.15, 0.2) is 18.2 Å². The van der Waals surface area contributed by atoms with E-state index in [9.17, 15) is 4.79 Å². The molecule has 1 rings (SSSR count). The molecule has 1 unspecified atom stereocenters. The maximum absolute atomic E-state index is 11.7.